The number of rotatable bonds is 5. The average Bonchev–Trinajstić information content (AvgIpc) is 3.57. The molecule has 1 aromatic carbocycles. The van der Waals surface area contributed by atoms with Crippen molar-refractivity contribution >= 4 is 12.2 Å². The number of nitrogens with zero attached hydrogens (tertiary/aromatic N) is 6. The molecule has 0 unspecified atom stereocenters. The number of methoxy groups -OCH3 is 1. The standard InChI is InChI=1S/C25H22F2N6O3/c1-15-13-32(14-28-15)19-10-8-16(29-24(19)34-2)9-11-21-30-23-18(6-4-12-33(23)31-21)17-5-3-7-20-22(17)36-25(26,27)35-20/h3,5,7-11,13-14,18H,4,6,12H2,1-2H3/b11-9+/t18-/m1/s1. The Balaban J connectivity index is 1.28. The minimum atomic E-state index is -3.67. The van der Waals surface area contributed by atoms with E-state index in [1.165, 1.54) is 6.07 Å². The molecule has 2 aliphatic rings. The second kappa shape index (κ2) is 8.43. The van der Waals surface area contributed by atoms with E-state index in [0.29, 0.717) is 35.3 Å². The number of ether oxygens (including phenoxy) is 3. The third-order valence-corrected chi connectivity index (χ3v) is 6.17. The molecule has 0 saturated carbocycles. The van der Waals surface area contributed by atoms with E-state index in [1.54, 1.807) is 37.7 Å². The molecule has 0 amide bonds. The molecule has 6 rings (SSSR count). The van der Waals surface area contributed by atoms with E-state index in [0.717, 1.165) is 24.2 Å². The summed E-state index contributed by atoms with van der Waals surface area (Å²) >= 11 is 0. The third kappa shape index (κ3) is 3.96. The highest BCUT2D eigenvalue weighted by Crippen LogP contribution is 2.48. The SMILES string of the molecule is COc1nc(/C=C/c2nc3n(n2)CCC[C@@H]3c2cccc3c2OC(F)(F)O3)ccc1-n1cnc(C)c1. The Hall–Kier alpha value is -4.28. The summed E-state index contributed by atoms with van der Waals surface area (Å²) in [6.07, 6.45) is 5.08. The molecule has 184 valence electrons. The molecule has 2 aliphatic heterocycles. The Labute approximate surface area is 205 Å². The topological polar surface area (TPSA) is 89.1 Å². The van der Waals surface area contributed by atoms with Gasteiger partial charge in [0, 0.05) is 24.2 Å². The molecule has 0 saturated heterocycles. The quantitative estimate of drug-likeness (QED) is 0.403. The number of aryl methyl sites for hydroxylation is 2. The van der Waals surface area contributed by atoms with Gasteiger partial charge in [0.05, 0.1) is 24.8 Å². The highest BCUT2D eigenvalue weighted by molar-refractivity contribution is 5.66. The van der Waals surface area contributed by atoms with Crippen molar-refractivity contribution in [3.8, 4) is 23.1 Å². The fraction of sp³-hybridized carbons (Fsp3) is 0.280. The number of halogens is 2. The van der Waals surface area contributed by atoms with Gasteiger partial charge >= 0.3 is 6.29 Å². The molecule has 11 heteroatoms. The first kappa shape index (κ1) is 22.2. The van der Waals surface area contributed by atoms with Crippen molar-refractivity contribution in [2.45, 2.75) is 38.5 Å². The van der Waals surface area contributed by atoms with Crippen LogP contribution in [0, 0.1) is 6.92 Å². The second-order valence-corrected chi connectivity index (χ2v) is 8.61. The van der Waals surface area contributed by atoms with E-state index < -0.39 is 6.29 Å². The lowest BCUT2D eigenvalue weighted by molar-refractivity contribution is -0.287. The number of para-hydroxylation sites is 1. The largest absolute Gasteiger partial charge is 0.586 e. The summed E-state index contributed by atoms with van der Waals surface area (Å²) < 4.78 is 46.0. The zero-order valence-corrected chi connectivity index (χ0v) is 19.6. The molecule has 4 aromatic rings. The summed E-state index contributed by atoms with van der Waals surface area (Å²) in [5, 5.41) is 4.60. The lowest BCUT2D eigenvalue weighted by Gasteiger charge is -2.23. The van der Waals surface area contributed by atoms with Gasteiger partial charge in [-0.25, -0.2) is 19.6 Å². The van der Waals surface area contributed by atoms with Crippen molar-refractivity contribution in [3.05, 3.63) is 71.5 Å². The Kier molecular flexibility index (Phi) is 5.20. The third-order valence-electron chi connectivity index (χ3n) is 6.17. The number of benzene rings is 1. The van der Waals surface area contributed by atoms with Crippen molar-refractivity contribution in [3.63, 3.8) is 0 Å². The summed E-state index contributed by atoms with van der Waals surface area (Å²) in [6.45, 7) is 2.61. The zero-order chi connectivity index (χ0) is 24.9. The first-order valence-electron chi connectivity index (χ1n) is 11.5. The smallest absolute Gasteiger partial charge is 0.479 e. The monoisotopic (exact) mass is 492 g/mol. The van der Waals surface area contributed by atoms with Crippen LogP contribution in [0.5, 0.6) is 17.4 Å². The molecule has 3 aromatic heterocycles. The van der Waals surface area contributed by atoms with Crippen LogP contribution >= 0.6 is 0 Å². The van der Waals surface area contributed by atoms with Crippen molar-refractivity contribution < 1.29 is 23.0 Å². The second-order valence-electron chi connectivity index (χ2n) is 8.61. The lowest BCUT2D eigenvalue weighted by atomic mass is 9.90. The van der Waals surface area contributed by atoms with Crippen molar-refractivity contribution in [2.75, 3.05) is 7.11 Å². The molecule has 0 fully saturated rings. The Morgan fingerprint density at radius 2 is 2.03 bits per heavy atom. The first-order chi connectivity index (χ1) is 17.4. The number of aromatic nitrogens is 6. The normalized spacial score (nSPS) is 17.9. The fourth-order valence-electron chi connectivity index (χ4n) is 4.60. The summed E-state index contributed by atoms with van der Waals surface area (Å²) in [6, 6.07) is 8.70. The van der Waals surface area contributed by atoms with Crippen LogP contribution in [0.1, 0.15) is 47.4 Å². The van der Waals surface area contributed by atoms with Gasteiger partial charge in [-0.15, -0.1) is 8.78 Å². The predicted molar refractivity (Wildman–Crippen MR) is 125 cm³/mol. The molecule has 1 atom stereocenters. The van der Waals surface area contributed by atoms with Crippen molar-refractivity contribution in [1.82, 2.24) is 29.3 Å². The van der Waals surface area contributed by atoms with E-state index in [1.807, 2.05) is 34.5 Å². The van der Waals surface area contributed by atoms with Gasteiger partial charge in [0.1, 0.15) is 11.5 Å². The number of pyridine rings is 1. The maximum absolute atomic E-state index is 13.7. The van der Waals surface area contributed by atoms with Crippen molar-refractivity contribution in [1.29, 1.82) is 0 Å². The maximum Gasteiger partial charge on any atom is 0.586 e. The summed E-state index contributed by atoms with van der Waals surface area (Å²) in [7, 11) is 1.57. The molecule has 0 bridgehead atoms. The van der Waals surface area contributed by atoms with E-state index in [4.69, 9.17) is 14.5 Å². The van der Waals surface area contributed by atoms with E-state index >= 15 is 0 Å². The van der Waals surface area contributed by atoms with Gasteiger partial charge < -0.3 is 18.8 Å². The lowest BCUT2D eigenvalue weighted by Crippen LogP contribution is -2.26. The molecule has 0 N–H and O–H groups in total. The average molecular weight is 492 g/mol. The van der Waals surface area contributed by atoms with Gasteiger partial charge in [0.25, 0.3) is 0 Å². The highest BCUT2D eigenvalue weighted by atomic mass is 19.3. The van der Waals surface area contributed by atoms with Crippen molar-refractivity contribution in [2.24, 2.45) is 0 Å². The number of alkyl halides is 2. The number of fused-ring (bicyclic) bond motifs is 2. The van der Waals surface area contributed by atoms with E-state index in [9.17, 15) is 8.78 Å². The molecule has 36 heavy (non-hydrogen) atoms. The van der Waals surface area contributed by atoms with Crippen LogP contribution in [-0.2, 0) is 6.54 Å². The summed E-state index contributed by atoms with van der Waals surface area (Å²) in [5.41, 5.74) is 2.96. The van der Waals surface area contributed by atoms with Crippen LogP contribution in [0.15, 0.2) is 42.9 Å². The van der Waals surface area contributed by atoms with Gasteiger partial charge in [-0.3, -0.25) is 0 Å². The van der Waals surface area contributed by atoms with Crippen LogP contribution in [0.25, 0.3) is 17.8 Å². The number of hydrogen-bond donors (Lipinski definition) is 0. The van der Waals surface area contributed by atoms with Crippen LogP contribution < -0.4 is 14.2 Å². The molecular formula is C25H22F2N6O3. The molecule has 0 radical (unpaired) electrons. The summed E-state index contributed by atoms with van der Waals surface area (Å²) in [5.74, 6) is 1.52. The first-order valence-corrected chi connectivity index (χ1v) is 11.5. The minimum absolute atomic E-state index is 0.0311. The van der Waals surface area contributed by atoms with Gasteiger partial charge in [0.15, 0.2) is 17.3 Å². The Morgan fingerprint density at radius 3 is 2.83 bits per heavy atom. The molecule has 0 aliphatic carbocycles. The number of hydrogen-bond acceptors (Lipinski definition) is 7. The van der Waals surface area contributed by atoms with Gasteiger partial charge in [-0.05, 0) is 50.1 Å². The Morgan fingerprint density at radius 1 is 1.14 bits per heavy atom. The predicted octanol–water partition coefficient (Wildman–Crippen LogP) is 4.59. The summed E-state index contributed by atoms with van der Waals surface area (Å²) in [4.78, 5) is 13.5. The zero-order valence-electron chi connectivity index (χ0n) is 19.6. The van der Waals surface area contributed by atoms with Crippen LogP contribution in [-0.4, -0.2) is 42.7 Å². The van der Waals surface area contributed by atoms with E-state index in [-0.39, 0.29) is 17.4 Å². The van der Waals surface area contributed by atoms with Gasteiger partial charge in [-0.2, -0.15) is 5.10 Å². The van der Waals surface area contributed by atoms with Gasteiger partial charge in [0.2, 0.25) is 5.88 Å². The van der Waals surface area contributed by atoms with E-state index in [2.05, 4.69) is 19.8 Å². The van der Waals surface area contributed by atoms with Crippen LogP contribution in [0.3, 0.4) is 0 Å². The van der Waals surface area contributed by atoms with Crippen LogP contribution in [0.4, 0.5) is 8.78 Å². The molecular weight excluding hydrogens is 470 g/mol. The minimum Gasteiger partial charge on any atom is -0.479 e. The fourth-order valence-corrected chi connectivity index (χ4v) is 4.60. The van der Waals surface area contributed by atoms with Crippen LogP contribution in [0.2, 0.25) is 0 Å². The van der Waals surface area contributed by atoms with Gasteiger partial charge in [-0.1, -0.05) is 12.1 Å². The Bertz CT molecular complexity index is 1480. The number of imidazole rings is 1. The molecule has 5 heterocycles. The highest BCUT2D eigenvalue weighted by Gasteiger charge is 2.45. The molecule has 9 nitrogen and oxygen atoms in total. The maximum atomic E-state index is 13.7. The molecule has 0 spiro atoms.